The van der Waals surface area contributed by atoms with Crippen molar-refractivity contribution in [2.75, 3.05) is 0 Å². The van der Waals surface area contributed by atoms with Crippen LogP contribution < -0.4 is 0 Å². The number of hydrogen-bond acceptors (Lipinski definition) is 2. The van der Waals surface area contributed by atoms with Gasteiger partial charge in [0, 0.05) is 0 Å². The minimum absolute atomic E-state index is 0.388. The zero-order chi connectivity index (χ0) is 13.7. The molecule has 3 heteroatoms. The van der Waals surface area contributed by atoms with E-state index in [1.807, 2.05) is 62.4 Å². The number of rotatable bonds is 5. The number of benzene rings is 2. The van der Waals surface area contributed by atoms with Gasteiger partial charge in [0.2, 0.25) is 0 Å². The SMILES string of the molecule is Cc1ccc(COS(=O)Cc2ccc(C)cc2)cc1. The first-order valence-electron chi connectivity index (χ1n) is 6.26. The lowest BCUT2D eigenvalue weighted by atomic mass is 10.2. The molecule has 19 heavy (non-hydrogen) atoms. The van der Waals surface area contributed by atoms with Crippen LogP contribution in [0, 0.1) is 13.8 Å². The predicted octanol–water partition coefficient (Wildman–Crippen LogP) is 3.68. The van der Waals surface area contributed by atoms with Crippen LogP contribution >= 0.6 is 0 Å². The standard InChI is InChI=1S/C16H18O2S/c1-13-3-7-15(8-4-13)11-18-19(17)12-16-9-5-14(2)6-10-16/h3-10H,11-12H2,1-2H3. The molecule has 0 N–H and O–H groups in total. The van der Waals surface area contributed by atoms with Crippen LogP contribution in [0.3, 0.4) is 0 Å². The third-order valence-corrected chi connectivity index (χ3v) is 3.83. The van der Waals surface area contributed by atoms with Crippen molar-refractivity contribution in [3.63, 3.8) is 0 Å². The summed E-state index contributed by atoms with van der Waals surface area (Å²) in [6, 6.07) is 16.1. The molecule has 0 saturated carbocycles. The molecule has 0 aliphatic rings. The molecule has 1 atom stereocenters. The van der Waals surface area contributed by atoms with Gasteiger partial charge in [-0.05, 0) is 25.0 Å². The van der Waals surface area contributed by atoms with Gasteiger partial charge in [0.05, 0.1) is 12.4 Å². The second-order valence-corrected chi connectivity index (χ2v) is 5.81. The van der Waals surface area contributed by atoms with Crippen molar-refractivity contribution in [1.29, 1.82) is 0 Å². The van der Waals surface area contributed by atoms with E-state index in [4.69, 9.17) is 4.18 Å². The van der Waals surface area contributed by atoms with Crippen LogP contribution in [0.1, 0.15) is 22.3 Å². The number of hydrogen-bond donors (Lipinski definition) is 0. The second-order valence-electron chi connectivity index (χ2n) is 4.68. The lowest BCUT2D eigenvalue weighted by Crippen LogP contribution is -2.01. The largest absolute Gasteiger partial charge is 0.285 e. The quantitative estimate of drug-likeness (QED) is 0.831. The first-order valence-corrected chi connectivity index (χ1v) is 7.50. The maximum atomic E-state index is 11.8. The molecule has 0 heterocycles. The fraction of sp³-hybridized carbons (Fsp3) is 0.250. The molecule has 0 aliphatic carbocycles. The summed E-state index contributed by atoms with van der Waals surface area (Å²) < 4.78 is 17.2. The van der Waals surface area contributed by atoms with Gasteiger partial charge >= 0.3 is 0 Å². The van der Waals surface area contributed by atoms with Gasteiger partial charge < -0.3 is 0 Å². The molecule has 2 aromatic carbocycles. The maximum absolute atomic E-state index is 11.8. The molecule has 2 rings (SSSR count). The van der Waals surface area contributed by atoms with Crippen LogP contribution in [0.25, 0.3) is 0 Å². The molecule has 0 aliphatic heterocycles. The summed E-state index contributed by atoms with van der Waals surface area (Å²) in [5, 5.41) is 0. The van der Waals surface area contributed by atoms with E-state index in [-0.39, 0.29) is 0 Å². The van der Waals surface area contributed by atoms with Crippen molar-refractivity contribution >= 4 is 11.1 Å². The molecule has 1 unspecified atom stereocenters. The van der Waals surface area contributed by atoms with Crippen LogP contribution in [0.4, 0.5) is 0 Å². The highest BCUT2D eigenvalue weighted by molar-refractivity contribution is 7.79. The molecule has 0 amide bonds. The molecule has 2 nitrogen and oxygen atoms in total. The highest BCUT2D eigenvalue weighted by Gasteiger charge is 2.03. The van der Waals surface area contributed by atoms with Crippen molar-refractivity contribution in [2.45, 2.75) is 26.2 Å². The van der Waals surface area contributed by atoms with E-state index in [2.05, 4.69) is 0 Å². The molecule has 100 valence electrons. The molecular formula is C16H18O2S. The van der Waals surface area contributed by atoms with Crippen molar-refractivity contribution in [3.05, 3.63) is 70.8 Å². The average Bonchev–Trinajstić information content (AvgIpc) is 2.41. The van der Waals surface area contributed by atoms with E-state index in [1.165, 1.54) is 11.1 Å². The Morgan fingerprint density at radius 3 is 1.84 bits per heavy atom. The van der Waals surface area contributed by atoms with Gasteiger partial charge in [0.15, 0.2) is 11.1 Å². The van der Waals surface area contributed by atoms with Crippen molar-refractivity contribution in [3.8, 4) is 0 Å². The summed E-state index contributed by atoms with van der Waals surface area (Å²) in [4.78, 5) is 0. The van der Waals surface area contributed by atoms with Crippen LogP contribution in [-0.2, 0) is 27.6 Å². The van der Waals surface area contributed by atoms with Crippen molar-refractivity contribution < 1.29 is 8.39 Å². The fourth-order valence-corrected chi connectivity index (χ4v) is 2.50. The Balaban J connectivity index is 1.84. The minimum atomic E-state index is -1.28. The maximum Gasteiger partial charge on any atom is 0.160 e. The molecule has 0 fully saturated rings. The Bertz CT molecular complexity index is 544. The molecule has 0 saturated heterocycles. The zero-order valence-corrected chi connectivity index (χ0v) is 12.1. The van der Waals surface area contributed by atoms with Gasteiger partial charge in [-0.3, -0.25) is 4.18 Å². The highest BCUT2D eigenvalue weighted by Crippen LogP contribution is 2.09. The van der Waals surface area contributed by atoms with Crippen LogP contribution in [0.15, 0.2) is 48.5 Å². The highest BCUT2D eigenvalue weighted by atomic mass is 32.2. The monoisotopic (exact) mass is 274 g/mol. The van der Waals surface area contributed by atoms with E-state index in [1.54, 1.807) is 0 Å². The summed E-state index contributed by atoms with van der Waals surface area (Å²) in [7, 11) is 0. The topological polar surface area (TPSA) is 26.3 Å². The molecule has 0 radical (unpaired) electrons. The number of aryl methyl sites for hydroxylation is 2. The average molecular weight is 274 g/mol. The molecule has 0 aromatic heterocycles. The van der Waals surface area contributed by atoms with E-state index < -0.39 is 11.1 Å². The van der Waals surface area contributed by atoms with Gasteiger partial charge in [0.25, 0.3) is 0 Å². The molecule has 0 bridgehead atoms. The normalized spacial score (nSPS) is 12.3. The van der Waals surface area contributed by atoms with Gasteiger partial charge in [-0.1, -0.05) is 59.7 Å². The van der Waals surface area contributed by atoms with Gasteiger partial charge in [-0.2, -0.15) is 0 Å². The third kappa shape index (κ3) is 4.62. The molecule has 0 spiro atoms. The van der Waals surface area contributed by atoms with Gasteiger partial charge in [0.1, 0.15) is 0 Å². The van der Waals surface area contributed by atoms with Crippen LogP contribution in [-0.4, -0.2) is 4.21 Å². The summed E-state index contributed by atoms with van der Waals surface area (Å²) in [6.45, 7) is 4.47. The Kier molecular flexibility index (Phi) is 4.88. The summed E-state index contributed by atoms with van der Waals surface area (Å²) in [5.74, 6) is 0.437. The lowest BCUT2D eigenvalue weighted by molar-refractivity contribution is 0.336. The summed E-state index contributed by atoms with van der Waals surface area (Å²) >= 11 is -1.28. The Morgan fingerprint density at radius 1 is 0.842 bits per heavy atom. The van der Waals surface area contributed by atoms with E-state index >= 15 is 0 Å². The minimum Gasteiger partial charge on any atom is -0.285 e. The van der Waals surface area contributed by atoms with E-state index in [9.17, 15) is 4.21 Å². The van der Waals surface area contributed by atoms with Crippen LogP contribution in [0.2, 0.25) is 0 Å². The molecule has 2 aromatic rings. The first-order chi connectivity index (χ1) is 9.13. The van der Waals surface area contributed by atoms with E-state index in [0.717, 1.165) is 11.1 Å². The Hall–Kier alpha value is -1.45. The van der Waals surface area contributed by atoms with E-state index in [0.29, 0.717) is 12.4 Å². The zero-order valence-electron chi connectivity index (χ0n) is 11.3. The Morgan fingerprint density at radius 2 is 1.32 bits per heavy atom. The predicted molar refractivity (Wildman–Crippen MR) is 79.0 cm³/mol. The summed E-state index contributed by atoms with van der Waals surface area (Å²) in [6.07, 6.45) is 0. The van der Waals surface area contributed by atoms with Gasteiger partial charge in [-0.25, -0.2) is 4.21 Å². The Labute approximate surface area is 117 Å². The van der Waals surface area contributed by atoms with Crippen molar-refractivity contribution in [1.82, 2.24) is 0 Å². The first kappa shape index (κ1) is 14.0. The summed E-state index contributed by atoms with van der Waals surface area (Å²) in [5.41, 5.74) is 4.50. The smallest absolute Gasteiger partial charge is 0.160 e. The van der Waals surface area contributed by atoms with Crippen LogP contribution in [0.5, 0.6) is 0 Å². The van der Waals surface area contributed by atoms with Gasteiger partial charge in [-0.15, -0.1) is 0 Å². The second kappa shape index (κ2) is 6.64. The lowest BCUT2D eigenvalue weighted by Gasteiger charge is -2.05. The molecular weight excluding hydrogens is 256 g/mol. The third-order valence-electron chi connectivity index (χ3n) is 2.88. The fourth-order valence-electron chi connectivity index (χ4n) is 1.68. The van der Waals surface area contributed by atoms with Crippen molar-refractivity contribution in [2.24, 2.45) is 0 Å².